The molecule has 0 amide bonds. The first-order chi connectivity index (χ1) is 10.2. The number of carbonyl (C=O) groups excluding carboxylic acids is 1. The minimum absolute atomic E-state index is 0.0000819. The molecule has 0 saturated heterocycles. The van der Waals surface area contributed by atoms with Crippen molar-refractivity contribution in [3.63, 3.8) is 0 Å². The monoisotopic (exact) mass is 311 g/mol. The van der Waals surface area contributed by atoms with Crippen LogP contribution in [0.3, 0.4) is 0 Å². The Kier molecular flexibility index (Phi) is 6.53. The fraction of sp³-hybridized carbons (Fsp3) is 0.412. The van der Waals surface area contributed by atoms with E-state index in [-0.39, 0.29) is 18.6 Å². The van der Waals surface area contributed by atoms with Crippen LogP contribution in [0.1, 0.15) is 44.2 Å². The average molecular weight is 311 g/mol. The zero-order chi connectivity index (χ0) is 16.8. The zero-order valence-corrected chi connectivity index (χ0v) is 13.0. The predicted molar refractivity (Wildman–Crippen MR) is 82.9 cm³/mol. The number of benzene rings is 1. The normalized spacial score (nSPS) is 13.4. The lowest BCUT2D eigenvalue weighted by Crippen LogP contribution is -2.07. The second-order valence-electron chi connectivity index (χ2n) is 5.32. The van der Waals surface area contributed by atoms with Gasteiger partial charge in [0.05, 0.1) is 5.70 Å². The van der Waals surface area contributed by atoms with Crippen LogP contribution in [-0.2, 0) is 4.79 Å². The Morgan fingerprint density at radius 3 is 2.27 bits per heavy atom. The fourth-order valence-electron chi connectivity index (χ4n) is 1.90. The van der Waals surface area contributed by atoms with Crippen molar-refractivity contribution in [2.75, 3.05) is 0 Å². The number of alkyl halides is 3. The third-order valence-electron chi connectivity index (χ3n) is 3.00. The highest BCUT2D eigenvalue weighted by Gasteiger charge is 2.25. The SMILES string of the molecule is CC(=O)/C=C(\N=C(/C)CCCC(F)(F)F)c1ccc(C)cc1. The molecule has 0 saturated carbocycles. The van der Waals surface area contributed by atoms with Crippen molar-refractivity contribution in [1.82, 2.24) is 0 Å². The molecule has 0 aliphatic carbocycles. The van der Waals surface area contributed by atoms with Crippen LogP contribution >= 0.6 is 0 Å². The summed E-state index contributed by atoms with van der Waals surface area (Å²) in [6.07, 6.45) is -3.32. The molecule has 1 aromatic rings. The molecule has 1 rings (SSSR count). The quantitative estimate of drug-likeness (QED) is 0.529. The van der Waals surface area contributed by atoms with E-state index in [2.05, 4.69) is 4.99 Å². The van der Waals surface area contributed by atoms with Crippen LogP contribution in [0.15, 0.2) is 35.3 Å². The molecule has 0 unspecified atom stereocenters. The topological polar surface area (TPSA) is 29.4 Å². The number of halogens is 3. The minimum Gasteiger partial charge on any atom is -0.295 e. The second-order valence-corrected chi connectivity index (χ2v) is 5.32. The van der Waals surface area contributed by atoms with Crippen LogP contribution in [0.4, 0.5) is 13.2 Å². The highest BCUT2D eigenvalue weighted by molar-refractivity contribution is 5.97. The summed E-state index contributed by atoms with van der Waals surface area (Å²) in [5.74, 6) is -0.151. The summed E-state index contributed by atoms with van der Waals surface area (Å²) in [6, 6.07) is 7.49. The number of carbonyl (C=O) groups is 1. The minimum atomic E-state index is -4.14. The maximum absolute atomic E-state index is 12.1. The number of nitrogens with zero attached hydrogens (tertiary/aromatic N) is 1. The first kappa shape index (κ1) is 18.1. The van der Waals surface area contributed by atoms with Crippen LogP contribution < -0.4 is 0 Å². The lowest BCUT2D eigenvalue weighted by Gasteiger charge is -2.07. The summed E-state index contributed by atoms with van der Waals surface area (Å²) in [5.41, 5.74) is 2.92. The lowest BCUT2D eigenvalue weighted by atomic mass is 10.1. The molecule has 1 aromatic carbocycles. The summed E-state index contributed by atoms with van der Waals surface area (Å²) in [6.45, 7) is 5.05. The van der Waals surface area contributed by atoms with E-state index in [4.69, 9.17) is 0 Å². The van der Waals surface area contributed by atoms with Crippen LogP contribution in [0, 0.1) is 6.92 Å². The van der Waals surface area contributed by atoms with Gasteiger partial charge in [0.1, 0.15) is 0 Å². The van der Waals surface area contributed by atoms with Gasteiger partial charge >= 0.3 is 6.18 Å². The molecule has 0 bridgehead atoms. The van der Waals surface area contributed by atoms with Gasteiger partial charge < -0.3 is 0 Å². The molecule has 0 aliphatic rings. The highest BCUT2D eigenvalue weighted by Crippen LogP contribution is 2.23. The highest BCUT2D eigenvalue weighted by atomic mass is 19.4. The van der Waals surface area contributed by atoms with E-state index in [0.717, 1.165) is 11.1 Å². The van der Waals surface area contributed by atoms with E-state index in [0.29, 0.717) is 11.4 Å². The molecule has 120 valence electrons. The van der Waals surface area contributed by atoms with Crippen LogP contribution in [0.25, 0.3) is 5.70 Å². The van der Waals surface area contributed by atoms with Crippen molar-refractivity contribution in [3.8, 4) is 0 Å². The van der Waals surface area contributed by atoms with Gasteiger partial charge in [0.25, 0.3) is 0 Å². The zero-order valence-electron chi connectivity index (χ0n) is 13.0. The van der Waals surface area contributed by atoms with Gasteiger partial charge in [-0.05, 0) is 33.6 Å². The van der Waals surface area contributed by atoms with E-state index in [1.165, 1.54) is 13.0 Å². The van der Waals surface area contributed by atoms with Crippen molar-refractivity contribution in [2.45, 2.75) is 46.2 Å². The van der Waals surface area contributed by atoms with E-state index in [1.54, 1.807) is 6.92 Å². The summed E-state index contributed by atoms with van der Waals surface area (Å²) in [7, 11) is 0. The second kappa shape index (κ2) is 7.92. The van der Waals surface area contributed by atoms with Crippen molar-refractivity contribution < 1.29 is 18.0 Å². The van der Waals surface area contributed by atoms with Crippen molar-refractivity contribution >= 4 is 17.2 Å². The molecular weight excluding hydrogens is 291 g/mol. The Morgan fingerprint density at radius 2 is 1.77 bits per heavy atom. The lowest BCUT2D eigenvalue weighted by molar-refractivity contribution is -0.135. The summed E-state index contributed by atoms with van der Waals surface area (Å²) >= 11 is 0. The molecule has 0 spiro atoms. The van der Waals surface area contributed by atoms with E-state index in [1.807, 2.05) is 31.2 Å². The van der Waals surface area contributed by atoms with Crippen LogP contribution in [-0.4, -0.2) is 17.7 Å². The third-order valence-corrected chi connectivity index (χ3v) is 3.00. The molecular formula is C17H20F3NO. The van der Waals surface area contributed by atoms with Crippen LogP contribution in [0.5, 0.6) is 0 Å². The molecule has 5 heteroatoms. The molecule has 0 aromatic heterocycles. The van der Waals surface area contributed by atoms with Gasteiger partial charge in [-0.2, -0.15) is 13.2 Å². The molecule has 0 radical (unpaired) electrons. The fourth-order valence-corrected chi connectivity index (χ4v) is 1.90. The molecule has 0 heterocycles. The van der Waals surface area contributed by atoms with E-state index < -0.39 is 12.6 Å². The number of aryl methyl sites for hydroxylation is 1. The van der Waals surface area contributed by atoms with Gasteiger partial charge in [0.2, 0.25) is 0 Å². The molecule has 2 nitrogen and oxygen atoms in total. The molecule has 0 fully saturated rings. The van der Waals surface area contributed by atoms with Gasteiger partial charge in [-0.15, -0.1) is 0 Å². The van der Waals surface area contributed by atoms with Gasteiger partial charge in [0.15, 0.2) is 5.78 Å². The predicted octanol–water partition coefficient (Wildman–Crippen LogP) is 5.12. The number of allylic oxidation sites excluding steroid dienone is 1. The number of aliphatic imine (C=N–C) groups is 1. The van der Waals surface area contributed by atoms with E-state index >= 15 is 0 Å². The van der Waals surface area contributed by atoms with Gasteiger partial charge in [-0.25, -0.2) is 0 Å². The smallest absolute Gasteiger partial charge is 0.295 e. The Balaban J connectivity index is 2.87. The Hall–Kier alpha value is -1.91. The molecule has 0 N–H and O–H groups in total. The van der Waals surface area contributed by atoms with Gasteiger partial charge in [0, 0.05) is 23.8 Å². The van der Waals surface area contributed by atoms with Crippen molar-refractivity contribution in [1.29, 1.82) is 0 Å². The van der Waals surface area contributed by atoms with Crippen molar-refractivity contribution in [2.24, 2.45) is 4.99 Å². The summed E-state index contributed by atoms with van der Waals surface area (Å²) in [5, 5.41) is 0. The molecule has 0 atom stereocenters. The first-order valence-corrected chi connectivity index (χ1v) is 7.07. The largest absolute Gasteiger partial charge is 0.389 e. The third kappa shape index (κ3) is 7.20. The standard InChI is InChI=1S/C17H20F3NO/c1-12-6-8-15(9-7-12)16(11-14(3)22)21-13(2)5-4-10-17(18,19)20/h6-9,11H,4-5,10H2,1-3H3/b16-11-,21-13+. The Labute approximate surface area is 128 Å². The number of hydrogen-bond acceptors (Lipinski definition) is 2. The number of hydrogen-bond donors (Lipinski definition) is 0. The molecule has 22 heavy (non-hydrogen) atoms. The average Bonchev–Trinajstić information content (AvgIpc) is 2.36. The van der Waals surface area contributed by atoms with Gasteiger partial charge in [-0.3, -0.25) is 9.79 Å². The van der Waals surface area contributed by atoms with Gasteiger partial charge in [-0.1, -0.05) is 29.8 Å². The summed E-state index contributed by atoms with van der Waals surface area (Å²) < 4.78 is 36.4. The number of rotatable bonds is 6. The Bertz CT molecular complexity index is 569. The summed E-state index contributed by atoms with van der Waals surface area (Å²) in [4.78, 5) is 15.7. The maximum Gasteiger partial charge on any atom is 0.389 e. The van der Waals surface area contributed by atoms with E-state index in [9.17, 15) is 18.0 Å². The van der Waals surface area contributed by atoms with Crippen LogP contribution in [0.2, 0.25) is 0 Å². The maximum atomic E-state index is 12.1. The number of ketones is 1. The Morgan fingerprint density at radius 1 is 1.18 bits per heavy atom. The van der Waals surface area contributed by atoms with Crippen molar-refractivity contribution in [3.05, 3.63) is 41.5 Å². The molecule has 0 aliphatic heterocycles. The first-order valence-electron chi connectivity index (χ1n) is 7.07.